The van der Waals surface area contributed by atoms with E-state index in [4.69, 9.17) is 9.15 Å². The van der Waals surface area contributed by atoms with Crippen molar-refractivity contribution in [2.45, 2.75) is 19.9 Å². The largest absolute Gasteiger partial charge is 0.467 e. The van der Waals surface area contributed by atoms with E-state index in [0.29, 0.717) is 30.2 Å². The number of benzene rings is 1. The summed E-state index contributed by atoms with van der Waals surface area (Å²) in [5, 5.41) is 0. The topological polar surface area (TPSA) is 76.8 Å². The number of hydrogen-bond acceptors (Lipinski definition) is 5. The molecule has 0 aliphatic carbocycles. The van der Waals surface area contributed by atoms with E-state index < -0.39 is 11.9 Å². The van der Waals surface area contributed by atoms with Gasteiger partial charge in [0, 0.05) is 18.5 Å². The number of ketones is 1. The molecular weight excluding hydrogens is 310 g/mol. The average molecular weight is 327 g/mol. The zero-order valence-corrected chi connectivity index (χ0v) is 13.2. The molecule has 1 atom stereocenters. The van der Waals surface area contributed by atoms with Crippen molar-refractivity contribution in [1.82, 2.24) is 4.90 Å². The van der Waals surface area contributed by atoms with Crippen LogP contribution in [0.15, 0.2) is 47.1 Å². The van der Waals surface area contributed by atoms with Crippen molar-refractivity contribution >= 4 is 17.7 Å². The predicted octanol–water partition coefficient (Wildman–Crippen LogP) is 2.44. The zero-order chi connectivity index (χ0) is 17.1. The van der Waals surface area contributed by atoms with Gasteiger partial charge in [-0.1, -0.05) is 0 Å². The molecule has 3 rings (SSSR count). The highest BCUT2D eigenvalue weighted by molar-refractivity contribution is 5.94. The van der Waals surface area contributed by atoms with Crippen LogP contribution in [0.2, 0.25) is 0 Å². The lowest BCUT2D eigenvalue weighted by Gasteiger charge is -2.14. The van der Waals surface area contributed by atoms with Crippen molar-refractivity contribution in [3.8, 4) is 5.75 Å². The van der Waals surface area contributed by atoms with Crippen LogP contribution in [0.1, 0.15) is 29.5 Å². The van der Waals surface area contributed by atoms with E-state index in [1.54, 1.807) is 47.6 Å². The van der Waals surface area contributed by atoms with Crippen LogP contribution >= 0.6 is 0 Å². The first kappa shape index (κ1) is 16.0. The first-order valence-electron chi connectivity index (χ1n) is 7.66. The summed E-state index contributed by atoms with van der Waals surface area (Å²) in [6.45, 7) is 2.13. The molecule has 0 radical (unpaired) electrons. The molecule has 0 N–H and O–H groups in total. The highest BCUT2D eigenvalue weighted by atomic mass is 16.5. The number of carbonyl (C=O) groups excluding carboxylic acids is 3. The van der Waals surface area contributed by atoms with Crippen LogP contribution in [-0.2, 0) is 16.1 Å². The molecule has 1 amide bonds. The van der Waals surface area contributed by atoms with E-state index in [9.17, 15) is 14.4 Å². The van der Waals surface area contributed by atoms with Crippen LogP contribution < -0.4 is 4.74 Å². The van der Waals surface area contributed by atoms with Crippen molar-refractivity contribution in [2.75, 3.05) is 6.54 Å². The Balaban J connectivity index is 1.59. The Morgan fingerprint density at radius 3 is 2.62 bits per heavy atom. The van der Waals surface area contributed by atoms with Crippen LogP contribution in [0.5, 0.6) is 5.75 Å². The maximum atomic E-state index is 12.2. The molecule has 124 valence electrons. The van der Waals surface area contributed by atoms with Gasteiger partial charge in [-0.25, -0.2) is 0 Å². The van der Waals surface area contributed by atoms with Crippen LogP contribution in [0.4, 0.5) is 0 Å². The molecule has 24 heavy (non-hydrogen) atoms. The number of hydrogen-bond donors (Lipinski definition) is 0. The van der Waals surface area contributed by atoms with E-state index in [0.717, 1.165) is 0 Å². The Morgan fingerprint density at radius 1 is 1.25 bits per heavy atom. The molecular formula is C18H17NO5. The molecule has 0 spiro atoms. The summed E-state index contributed by atoms with van der Waals surface area (Å²) >= 11 is 0. The minimum atomic E-state index is -0.500. The Hall–Kier alpha value is -2.89. The smallest absolute Gasteiger partial charge is 0.316 e. The SMILES string of the molecule is CC(=O)c1ccc(OC(=O)[C@H]2CC(=O)N(Cc3ccco3)C2)cc1. The van der Waals surface area contributed by atoms with E-state index in [2.05, 4.69) is 0 Å². The summed E-state index contributed by atoms with van der Waals surface area (Å²) in [5.41, 5.74) is 0.551. The first-order valence-corrected chi connectivity index (χ1v) is 7.66. The number of amides is 1. The van der Waals surface area contributed by atoms with Gasteiger partial charge in [-0.05, 0) is 43.3 Å². The zero-order valence-electron chi connectivity index (χ0n) is 13.2. The summed E-state index contributed by atoms with van der Waals surface area (Å²) in [6.07, 6.45) is 1.68. The third-order valence-corrected chi connectivity index (χ3v) is 3.95. The van der Waals surface area contributed by atoms with Crippen LogP contribution in [0.25, 0.3) is 0 Å². The maximum absolute atomic E-state index is 12.2. The van der Waals surface area contributed by atoms with Gasteiger partial charge in [0.25, 0.3) is 0 Å². The number of ether oxygens (including phenoxy) is 1. The minimum absolute atomic E-state index is 0.0529. The van der Waals surface area contributed by atoms with Crippen LogP contribution in [0, 0.1) is 5.92 Å². The van der Waals surface area contributed by atoms with Gasteiger partial charge in [-0.15, -0.1) is 0 Å². The molecule has 6 heteroatoms. The van der Waals surface area contributed by atoms with Gasteiger partial charge in [0.05, 0.1) is 18.7 Å². The Bertz CT molecular complexity index is 748. The summed E-state index contributed by atoms with van der Waals surface area (Å²) in [7, 11) is 0. The lowest BCUT2D eigenvalue weighted by molar-refractivity contribution is -0.139. The molecule has 1 fully saturated rings. The van der Waals surface area contributed by atoms with Crippen molar-refractivity contribution in [2.24, 2.45) is 5.92 Å². The highest BCUT2D eigenvalue weighted by Crippen LogP contribution is 2.23. The minimum Gasteiger partial charge on any atom is -0.467 e. The lowest BCUT2D eigenvalue weighted by Crippen LogP contribution is -2.27. The number of esters is 1. The molecule has 2 aromatic rings. The van der Waals surface area contributed by atoms with Gasteiger partial charge >= 0.3 is 5.97 Å². The molecule has 2 heterocycles. The van der Waals surface area contributed by atoms with Gasteiger partial charge in [0.1, 0.15) is 11.5 Å². The quantitative estimate of drug-likeness (QED) is 0.479. The Labute approximate surface area is 139 Å². The number of rotatable bonds is 5. The van der Waals surface area contributed by atoms with Gasteiger partial charge < -0.3 is 14.1 Å². The van der Waals surface area contributed by atoms with Crippen molar-refractivity contribution < 1.29 is 23.5 Å². The van der Waals surface area contributed by atoms with E-state index in [-0.39, 0.29) is 18.1 Å². The molecule has 6 nitrogen and oxygen atoms in total. The number of furan rings is 1. The van der Waals surface area contributed by atoms with Crippen molar-refractivity contribution in [3.05, 3.63) is 54.0 Å². The molecule has 1 aromatic heterocycles. The average Bonchev–Trinajstić information content (AvgIpc) is 3.19. The fourth-order valence-corrected chi connectivity index (χ4v) is 2.63. The van der Waals surface area contributed by atoms with E-state index in [1.165, 1.54) is 6.92 Å². The molecule has 1 saturated heterocycles. The van der Waals surface area contributed by atoms with Crippen LogP contribution in [0.3, 0.4) is 0 Å². The fraction of sp³-hybridized carbons (Fsp3) is 0.278. The summed E-state index contributed by atoms with van der Waals surface area (Å²) < 4.78 is 10.5. The second-order valence-corrected chi connectivity index (χ2v) is 5.76. The third-order valence-electron chi connectivity index (χ3n) is 3.95. The molecule has 1 aliphatic rings. The summed E-state index contributed by atoms with van der Waals surface area (Å²) in [5.74, 6) is -0.0527. The fourth-order valence-electron chi connectivity index (χ4n) is 2.63. The highest BCUT2D eigenvalue weighted by Gasteiger charge is 2.35. The summed E-state index contributed by atoms with van der Waals surface area (Å²) in [4.78, 5) is 37.1. The molecule has 0 unspecified atom stereocenters. The van der Waals surface area contributed by atoms with Gasteiger partial charge in [0.2, 0.25) is 5.91 Å². The van der Waals surface area contributed by atoms with Crippen molar-refractivity contribution in [1.29, 1.82) is 0 Å². The van der Waals surface area contributed by atoms with Gasteiger partial charge in [-0.2, -0.15) is 0 Å². The second-order valence-electron chi connectivity index (χ2n) is 5.76. The Morgan fingerprint density at radius 2 is 2.00 bits per heavy atom. The van der Waals surface area contributed by atoms with Gasteiger partial charge in [-0.3, -0.25) is 14.4 Å². The van der Waals surface area contributed by atoms with E-state index in [1.807, 2.05) is 0 Å². The van der Waals surface area contributed by atoms with Gasteiger partial charge in [0.15, 0.2) is 5.78 Å². The van der Waals surface area contributed by atoms with E-state index >= 15 is 0 Å². The Kier molecular flexibility index (Phi) is 4.46. The van der Waals surface area contributed by atoms with Crippen molar-refractivity contribution in [3.63, 3.8) is 0 Å². The number of Topliss-reactive ketones (excluding diaryl/α,β-unsaturated/α-hetero) is 1. The molecule has 0 saturated carbocycles. The predicted molar refractivity (Wildman–Crippen MR) is 84.3 cm³/mol. The third kappa shape index (κ3) is 3.53. The number of carbonyl (C=O) groups is 3. The second kappa shape index (κ2) is 6.70. The molecule has 1 aromatic carbocycles. The monoisotopic (exact) mass is 327 g/mol. The standard InChI is InChI=1S/C18H17NO5/c1-12(20)13-4-6-15(7-5-13)24-18(22)14-9-17(21)19(10-14)11-16-3-2-8-23-16/h2-8,14H,9-11H2,1H3/t14-/m0/s1. The number of nitrogens with zero attached hydrogens (tertiary/aromatic N) is 1. The molecule has 0 bridgehead atoms. The number of likely N-dealkylation sites (tertiary alicyclic amines) is 1. The first-order chi connectivity index (χ1) is 11.5. The lowest BCUT2D eigenvalue weighted by atomic mass is 10.1. The molecule has 1 aliphatic heterocycles. The maximum Gasteiger partial charge on any atom is 0.316 e. The normalized spacial score (nSPS) is 17.1. The van der Waals surface area contributed by atoms with Crippen LogP contribution in [-0.4, -0.2) is 29.1 Å². The summed E-state index contributed by atoms with van der Waals surface area (Å²) in [6, 6.07) is 9.90.